The Balaban J connectivity index is 2.29. The number of hydrogen-bond donors (Lipinski definition) is 1. The molecule has 1 aromatic carbocycles. The van der Waals surface area contributed by atoms with E-state index in [1.807, 2.05) is 24.3 Å². The Hall–Kier alpha value is -0.270. The summed E-state index contributed by atoms with van der Waals surface area (Å²) in [6.45, 7) is 0.682. The first-order valence-electron chi connectivity index (χ1n) is 4.84. The van der Waals surface area contributed by atoms with Gasteiger partial charge in [-0.3, -0.25) is 4.79 Å². The number of amides is 1. The quantitative estimate of drug-likeness (QED) is 0.633. The summed E-state index contributed by atoms with van der Waals surface area (Å²) in [5.41, 5.74) is 0.851. The number of ether oxygens (including phenoxy) is 1. The van der Waals surface area contributed by atoms with Crippen molar-refractivity contribution in [2.24, 2.45) is 0 Å². The van der Waals surface area contributed by atoms with Crippen molar-refractivity contribution in [3.8, 4) is 0 Å². The van der Waals surface area contributed by atoms with Crippen molar-refractivity contribution in [3.63, 3.8) is 0 Å². The number of thioether (sulfide) groups is 1. The van der Waals surface area contributed by atoms with Gasteiger partial charge in [0.1, 0.15) is 0 Å². The van der Waals surface area contributed by atoms with Crippen LogP contribution in [0.5, 0.6) is 0 Å². The molecule has 1 amide bonds. The lowest BCUT2D eigenvalue weighted by Crippen LogP contribution is -2.14. The minimum absolute atomic E-state index is 0.0307. The Morgan fingerprint density at radius 2 is 2.38 bits per heavy atom. The van der Waals surface area contributed by atoms with Crippen molar-refractivity contribution < 1.29 is 9.53 Å². The zero-order valence-electron chi connectivity index (χ0n) is 9.03. The maximum Gasteiger partial charge on any atom is 0.234 e. The summed E-state index contributed by atoms with van der Waals surface area (Å²) in [7, 11) is 1.66. The van der Waals surface area contributed by atoms with Crippen LogP contribution in [0.2, 0.25) is 0 Å². The molecule has 0 radical (unpaired) electrons. The molecule has 0 saturated heterocycles. The van der Waals surface area contributed by atoms with Crippen LogP contribution in [0.3, 0.4) is 0 Å². The monoisotopic (exact) mass is 351 g/mol. The fourth-order valence-corrected chi connectivity index (χ4v) is 2.30. The normalized spacial score (nSPS) is 10.1. The summed E-state index contributed by atoms with van der Waals surface area (Å²) in [6.07, 6.45) is 0. The van der Waals surface area contributed by atoms with Gasteiger partial charge in [0.05, 0.1) is 12.4 Å². The molecule has 0 unspecified atom stereocenters. The van der Waals surface area contributed by atoms with Crippen LogP contribution in [-0.4, -0.2) is 31.1 Å². The molecule has 0 saturated carbocycles. The molecule has 3 nitrogen and oxygen atoms in total. The highest BCUT2D eigenvalue weighted by Gasteiger charge is 2.02. The number of rotatable bonds is 6. The van der Waals surface area contributed by atoms with Crippen LogP contribution in [0.1, 0.15) is 0 Å². The second-order valence-corrected chi connectivity index (χ2v) is 5.45. The van der Waals surface area contributed by atoms with Gasteiger partial charge in [-0.05, 0) is 40.8 Å². The van der Waals surface area contributed by atoms with E-state index in [0.717, 1.165) is 15.0 Å². The van der Waals surface area contributed by atoms with E-state index in [-0.39, 0.29) is 5.91 Å². The van der Waals surface area contributed by atoms with E-state index < -0.39 is 0 Å². The Bertz CT molecular complexity index is 347. The molecule has 1 N–H and O–H groups in total. The fraction of sp³-hybridized carbons (Fsp3) is 0.364. The summed E-state index contributed by atoms with van der Waals surface area (Å²) < 4.78 is 6.02. The van der Waals surface area contributed by atoms with Crippen molar-refractivity contribution in [2.75, 3.05) is 30.5 Å². The third-order valence-electron chi connectivity index (χ3n) is 1.77. The summed E-state index contributed by atoms with van der Waals surface area (Å²) in [5.74, 6) is 1.34. The van der Waals surface area contributed by atoms with E-state index in [0.29, 0.717) is 12.4 Å². The van der Waals surface area contributed by atoms with E-state index in [2.05, 4.69) is 27.9 Å². The Morgan fingerprint density at radius 1 is 1.56 bits per heavy atom. The molecule has 88 valence electrons. The van der Waals surface area contributed by atoms with E-state index in [4.69, 9.17) is 4.74 Å². The van der Waals surface area contributed by atoms with Gasteiger partial charge in [0.25, 0.3) is 0 Å². The second-order valence-electron chi connectivity index (χ2n) is 3.10. The van der Waals surface area contributed by atoms with Crippen molar-refractivity contribution in [1.29, 1.82) is 0 Å². The van der Waals surface area contributed by atoms with Crippen LogP contribution >= 0.6 is 34.4 Å². The lowest BCUT2D eigenvalue weighted by Gasteiger charge is -2.05. The predicted octanol–water partition coefficient (Wildman–Crippen LogP) is 2.61. The van der Waals surface area contributed by atoms with E-state index in [1.54, 1.807) is 18.9 Å². The van der Waals surface area contributed by atoms with Crippen LogP contribution in [0.15, 0.2) is 24.3 Å². The topological polar surface area (TPSA) is 38.3 Å². The van der Waals surface area contributed by atoms with Gasteiger partial charge in [-0.2, -0.15) is 0 Å². The number of hydrogen-bond acceptors (Lipinski definition) is 3. The van der Waals surface area contributed by atoms with Gasteiger partial charge >= 0.3 is 0 Å². The van der Waals surface area contributed by atoms with Gasteiger partial charge in [0, 0.05) is 22.1 Å². The van der Waals surface area contributed by atoms with Crippen molar-refractivity contribution in [1.82, 2.24) is 0 Å². The average Bonchev–Trinajstić information content (AvgIpc) is 2.24. The van der Waals surface area contributed by atoms with Crippen LogP contribution in [0, 0.1) is 3.57 Å². The molecule has 0 aromatic heterocycles. The van der Waals surface area contributed by atoms with Gasteiger partial charge < -0.3 is 10.1 Å². The Labute approximate surface area is 113 Å². The maximum absolute atomic E-state index is 11.5. The number of methoxy groups -OCH3 is 1. The summed E-state index contributed by atoms with van der Waals surface area (Å²) >= 11 is 3.79. The SMILES string of the molecule is COCCSCC(=O)Nc1cccc(I)c1. The molecular weight excluding hydrogens is 337 g/mol. The number of benzene rings is 1. The molecule has 1 rings (SSSR count). The number of carbonyl (C=O) groups excluding carboxylic acids is 1. The minimum atomic E-state index is 0.0307. The van der Waals surface area contributed by atoms with Crippen LogP contribution < -0.4 is 5.32 Å². The Kier molecular flexibility index (Phi) is 6.82. The highest BCUT2D eigenvalue weighted by Crippen LogP contribution is 2.12. The van der Waals surface area contributed by atoms with E-state index in [9.17, 15) is 4.79 Å². The van der Waals surface area contributed by atoms with Crippen molar-refractivity contribution >= 4 is 45.9 Å². The number of carbonyl (C=O) groups is 1. The highest BCUT2D eigenvalue weighted by molar-refractivity contribution is 14.1. The number of nitrogens with one attached hydrogen (secondary N) is 1. The number of halogens is 1. The van der Waals surface area contributed by atoms with E-state index in [1.165, 1.54) is 0 Å². The second kappa shape index (κ2) is 7.92. The first-order valence-corrected chi connectivity index (χ1v) is 7.08. The summed E-state index contributed by atoms with van der Waals surface area (Å²) in [4.78, 5) is 11.5. The lowest BCUT2D eigenvalue weighted by molar-refractivity contribution is -0.113. The first kappa shape index (κ1) is 13.8. The smallest absolute Gasteiger partial charge is 0.234 e. The molecular formula is C11H14INO2S. The highest BCUT2D eigenvalue weighted by atomic mass is 127. The van der Waals surface area contributed by atoms with Gasteiger partial charge in [-0.25, -0.2) is 0 Å². The molecule has 0 spiro atoms. The van der Waals surface area contributed by atoms with Crippen molar-refractivity contribution in [2.45, 2.75) is 0 Å². The van der Waals surface area contributed by atoms with Gasteiger partial charge in [-0.15, -0.1) is 11.8 Å². The molecule has 0 aliphatic carbocycles. The van der Waals surface area contributed by atoms with Crippen LogP contribution in [0.25, 0.3) is 0 Å². The van der Waals surface area contributed by atoms with Gasteiger partial charge in [0.2, 0.25) is 5.91 Å². The molecule has 5 heteroatoms. The first-order chi connectivity index (χ1) is 7.72. The number of anilines is 1. The molecule has 0 heterocycles. The lowest BCUT2D eigenvalue weighted by atomic mass is 10.3. The summed E-state index contributed by atoms with van der Waals surface area (Å²) in [6, 6.07) is 7.75. The maximum atomic E-state index is 11.5. The molecule has 1 aromatic rings. The standard InChI is InChI=1S/C11H14INO2S/c1-15-5-6-16-8-11(14)13-10-4-2-3-9(12)7-10/h2-4,7H,5-6,8H2,1H3,(H,13,14). The molecule has 0 atom stereocenters. The third-order valence-corrected chi connectivity index (χ3v) is 3.37. The average molecular weight is 351 g/mol. The zero-order valence-corrected chi connectivity index (χ0v) is 12.0. The predicted molar refractivity (Wildman–Crippen MR) is 77.0 cm³/mol. The molecule has 0 fully saturated rings. The molecule has 0 aliphatic heterocycles. The molecule has 0 bridgehead atoms. The van der Waals surface area contributed by atoms with Crippen LogP contribution in [0.4, 0.5) is 5.69 Å². The minimum Gasteiger partial charge on any atom is -0.384 e. The molecule has 16 heavy (non-hydrogen) atoms. The van der Waals surface area contributed by atoms with Crippen molar-refractivity contribution in [3.05, 3.63) is 27.8 Å². The van der Waals surface area contributed by atoms with Gasteiger partial charge in [0.15, 0.2) is 0 Å². The van der Waals surface area contributed by atoms with E-state index >= 15 is 0 Å². The fourth-order valence-electron chi connectivity index (χ4n) is 1.07. The van der Waals surface area contributed by atoms with Gasteiger partial charge in [-0.1, -0.05) is 6.07 Å². The molecule has 0 aliphatic rings. The third kappa shape index (κ3) is 5.72. The largest absolute Gasteiger partial charge is 0.384 e. The summed E-state index contributed by atoms with van der Waals surface area (Å²) in [5, 5.41) is 2.85. The Morgan fingerprint density at radius 3 is 3.06 bits per heavy atom. The van der Waals surface area contributed by atoms with Crippen LogP contribution in [-0.2, 0) is 9.53 Å². The zero-order chi connectivity index (χ0) is 11.8.